The van der Waals surface area contributed by atoms with Crippen LogP contribution in [0.5, 0.6) is 0 Å². The number of fused-ring (bicyclic) bond motifs is 1. The summed E-state index contributed by atoms with van der Waals surface area (Å²) in [6.45, 7) is 0.646. The van der Waals surface area contributed by atoms with E-state index in [1.165, 1.54) is 23.1 Å². The fourth-order valence-corrected chi connectivity index (χ4v) is 2.37. The first-order valence-corrected chi connectivity index (χ1v) is 6.34. The lowest BCUT2D eigenvalue weighted by Gasteiger charge is -2.03. The predicted octanol–water partition coefficient (Wildman–Crippen LogP) is 3.48. The number of rotatable bonds is 3. The van der Waals surface area contributed by atoms with Gasteiger partial charge in [-0.25, -0.2) is 4.39 Å². The predicted molar refractivity (Wildman–Crippen MR) is 76.5 cm³/mol. The third-order valence-corrected chi connectivity index (χ3v) is 3.36. The van der Waals surface area contributed by atoms with Gasteiger partial charge in [0.2, 0.25) is 0 Å². The Morgan fingerprint density at radius 3 is 2.47 bits per heavy atom. The number of aromatic amines is 1. The molecule has 0 aliphatic heterocycles. The van der Waals surface area contributed by atoms with Crippen LogP contribution in [0.4, 0.5) is 4.39 Å². The lowest BCUT2D eigenvalue weighted by atomic mass is 10.0. The van der Waals surface area contributed by atoms with Crippen LogP contribution < -0.4 is 5.73 Å². The molecular formula is C16H15FN2. The second kappa shape index (κ2) is 4.86. The topological polar surface area (TPSA) is 41.8 Å². The Balaban J connectivity index is 2.04. The van der Waals surface area contributed by atoms with Gasteiger partial charge in [0, 0.05) is 17.1 Å². The first-order valence-electron chi connectivity index (χ1n) is 6.34. The smallest absolute Gasteiger partial charge is 0.123 e. The molecule has 1 aromatic heterocycles. The van der Waals surface area contributed by atoms with Crippen molar-refractivity contribution in [2.45, 2.75) is 6.42 Å². The van der Waals surface area contributed by atoms with Crippen molar-refractivity contribution in [2.24, 2.45) is 5.73 Å². The molecule has 0 fully saturated rings. The minimum Gasteiger partial charge on any atom is -0.361 e. The Kier molecular flexibility index (Phi) is 3.05. The van der Waals surface area contributed by atoms with Gasteiger partial charge < -0.3 is 10.7 Å². The Morgan fingerprint density at radius 1 is 1.00 bits per heavy atom. The largest absolute Gasteiger partial charge is 0.361 e. The molecule has 0 saturated carbocycles. The summed E-state index contributed by atoms with van der Waals surface area (Å²) in [5.41, 5.74) is 10.0. The zero-order valence-electron chi connectivity index (χ0n) is 10.5. The van der Waals surface area contributed by atoms with Crippen molar-refractivity contribution in [2.75, 3.05) is 6.54 Å². The highest BCUT2D eigenvalue weighted by Crippen LogP contribution is 2.26. The maximum atomic E-state index is 12.9. The van der Waals surface area contributed by atoms with Crippen LogP contribution in [-0.4, -0.2) is 11.5 Å². The molecule has 2 aromatic carbocycles. The molecule has 96 valence electrons. The van der Waals surface area contributed by atoms with Crippen LogP contribution >= 0.6 is 0 Å². The average molecular weight is 254 g/mol. The molecule has 19 heavy (non-hydrogen) atoms. The first-order chi connectivity index (χ1) is 9.28. The van der Waals surface area contributed by atoms with Gasteiger partial charge in [-0.1, -0.05) is 24.3 Å². The molecule has 0 aliphatic carbocycles. The van der Waals surface area contributed by atoms with Gasteiger partial charge in [-0.15, -0.1) is 0 Å². The molecule has 3 N–H and O–H groups in total. The molecule has 1 heterocycles. The first kappa shape index (κ1) is 11.9. The molecule has 0 unspecified atom stereocenters. The van der Waals surface area contributed by atoms with Crippen LogP contribution in [0.15, 0.2) is 48.7 Å². The van der Waals surface area contributed by atoms with E-state index < -0.39 is 0 Å². The van der Waals surface area contributed by atoms with E-state index in [1.54, 1.807) is 12.1 Å². The van der Waals surface area contributed by atoms with Crippen molar-refractivity contribution in [3.8, 4) is 11.1 Å². The molecule has 0 atom stereocenters. The van der Waals surface area contributed by atoms with Gasteiger partial charge in [-0.05, 0) is 47.9 Å². The van der Waals surface area contributed by atoms with Gasteiger partial charge in [-0.3, -0.25) is 0 Å². The molecular weight excluding hydrogens is 239 g/mol. The fraction of sp³-hybridized carbons (Fsp3) is 0.125. The number of hydrogen-bond acceptors (Lipinski definition) is 1. The third kappa shape index (κ3) is 2.25. The quantitative estimate of drug-likeness (QED) is 0.738. The van der Waals surface area contributed by atoms with E-state index >= 15 is 0 Å². The van der Waals surface area contributed by atoms with E-state index in [2.05, 4.69) is 23.2 Å². The van der Waals surface area contributed by atoms with Crippen molar-refractivity contribution >= 4 is 10.9 Å². The molecule has 0 spiro atoms. The lowest BCUT2D eigenvalue weighted by molar-refractivity contribution is 0.628. The third-order valence-electron chi connectivity index (χ3n) is 3.36. The summed E-state index contributed by atoms with van der Waals surface area (Å²) in [5, 5.41) is 1.20. The molecule has 0 radical (unpaired) electrons. The highest BCUT2D eigenvalue weighted by Gasteiger charge is 2.05. The second-order valence-corrected chi connectivity index (χ2v) is 4.62. The Bertz CT molecular complexity index is 698. The van der Waals surface area contributed by atoms with Crippen molar-refractivity contribution in [1.82, 2.24) is 4.98 Å². The molecule has 0 aliphatic rings. The Morgan fingerprint density at radius 2 is 1.74 bits per heavy atom. The standard InChI is InChI=1S/C16H15FN2/c17-14-4-1-11(2-5-14)12-3-6-15-13(7-8-18)10-19-16(15)9-12/h1-6,9-10,19H,7-8,18H2. The number of benzene rings is 2. The second-order valence-electron chi connectivity index (χ2n) is 4.62. The highest BCUT2D eigenvalue weighted by molar-refractivity contribution is 5.87. The minimum absolute atomic E-state index is 0.213. The van der Waals surface area contributed by atoms with Crippen LogP contribution in [0.25, 0.3) is 22.0 Å². The van der Waals surface area contributed by atoms with Crippen molar-refractivity contribution in [3.05, 3.63) is 60.0 Å². The van der Waals surface area contributed by atoms with Gasteiger partial charge in [-0.2, -0.15) is 0 Å². The van der Waals surface area contributed by atoms with E-state index in [1.807, 2.05) is 6.20 Å². The molecule has 0 bridgehead atoms. The molecule has 2 nitrogen and oxygen atoms in total. The van der Waals surface area contributed by atoms with Gasteiger partial charge >= 0.3 is 0 Å². The van der Waals surface area contributed by atoms with Crippen LogP contribution in [0.3, 0.4) is 0 Å². The van der Waals surface area contributed by atoms with Crippen molar-refractivity contribution in [1.29, 1.82) is 0 Å². The summed E-state index contributed by atoms with van der Waals surface area (Å²) < 4.78 is 12.9. The summed E-state index contributed by atoms with van der Waals surface area (Å²) in [7, 11) is 0. The maximum absolute atomic E-state index is 12.9. The number of halogens is 1. The summed E-state index contributed by atoms with van der Waals surface area (Å²) in [6, 6.07) is 12.8. The molecule has 0 amide bonds. The monoisotopic (exact) mass is 254 g/mol. The molecule has 3 rings (SSSR count). The molecule has 0 saturated heterocycles. The van der Waals surface area contributed by atoms with Gasteiger partial charge in [0.25, 0.3) is 0 Å². The zero-order valence-corrected chi connectivity index (χ0v) is 10.5. The van der Waals surface area contributed by atoms with Crippen LogP contribution in [-0.2, 0) is 6.42 Å². The Labute approximate surface area is 111 Å². The number of nitrogens with one attached hydrogen (secondary N) is 1. The van der Waals surface area contributed by atoms with Gasteiger partial charge in [0.1, 0.15) is 5.82 Å². The van der Waals surface area contributed by atoms with Crippen molar-refractivity contribution in [3.63, 3.8) is 0 Å². The normalized spacial score (nSPS) is 11.1. The summed E-state index contributed by atoms with van der Waals surface area (Å²) in [6.07, 6.45) is 2.88. The van der Waals surface area contributed by atoms with E-state index in [0.29, 0.717) is 6.54 Å². The van der Waals surface area contributed by atoms with Crippen molar-refractivity contribution < 1.29 is 4.39 Å². The van der Waals surface area contributed by atoms with E-state index in [-0.39, 0.29) is 5.82 Å². The lowest BCUT2D eigenvalue weighted by Crippen LogP contribution is -2.01. The summed E-state index contributed by atoms with van der Waals surface area (Å²) >= 11 is 0. The highest BCUT2D eigenvalue weighted by atomic mass is 19.1. The van der Waals surface area contributed by atoms with Gasteiger partial charge in [0.15, 0.2) is 0 Å². The van der Waals surface area contributed by atoms with Gasteiger partial charge in [0.05, 0.1) is 0 Å². The maximum Gasteiger partial charge on any atom is 0.123 e. The fourth-order valence-electron chi connectivity index (χ4n) is 2.37. The van der Waals surface area contributed by atoms with Crippen LogP contribution in [0.2, 0.25) is 0 Å². The summed E-state index contributed by atoms with van der Waals surface area (Å²) in [4.78, 5) is 3.26. The van der Waals surface area contributed by atoms with Crippen LogP contribution in [0.1, 0.15) is 5.56 Å². The molecule has 3 heteroatoms. The number of nitrogens with two attached hydrogens (primary N) is 1. The van der Waals surface area contributed by atoms with E-state index in [9.17, 15) is 4.39 Å². The minimum atomic E-state index is -0.213. The summed E-state index contributed by atoms with van der Waals surface area (Å²) in [5.74, 6) is -0.213. The number of H-pyrrole nitrogens is 1. The average Bonchev–Trinajstić information content (AvgIpc) is 2.83. The van der Waals surface area contributed by atoms with E-state index in [4.69, 9.17) is 5.73 Å². The zero-order chi connectivity index (χ0) is 13.2. The van der Waals surface area contributed by atoms with Crippen LogP contribution in [0, 0.1) is 5.82 Å². The molecule has 3 aromatic rings. The SMILES string of the molecule is NCCc1c[nH]c2cc(-c3ccc(F)cc3)ccc12. The number of hydrogen-bond donors (Lipinski definition) is 2. The Hall–Kier alpha value is -2.13. The number of aromatic nitrogens is 1. The van der Waals surface area contributed by atoms with E-state index in [0.717, 1.165) is 23.1 Å².